The summed E-state index contributed by atoms with van der Waals surface area (Å²) in [6.07, 6.45) is 3.84. The van der Waals surface area contributed by atoms with Gasteiger partial charge in [-0.25, -0.2) is 8.42 Å². The van der Waals surface area contributed by atoms with Crippen molar-refractivity contribution in [2.75, 3.05) is 18.1 Å². The van der Waals surface area contributed by atoms with Crippen molar-refractivity contribution >= 4 is 33.2 Å². The molecule has 0 radical (unpaired) electrons. The second kappa shape index (κ2) is 5.88. The molecule has 1 amide bonds. The summed E-state index contributed by atoms with van der Waals surface area (Å²) < 4.78 is 22.9. The van der Waals surface area contributed by atoms with Crippen LogP contribution in [0, 0.1) is 0 Å². The molecular formula is C13H17NO3S2. The highest BCUT2D eigenvalue weighted by molar-refractivity contribution is 7.91. The van der Waals surface area contributed by atoms with Gasteiger partial charge >= 0.3 is 0 Å². The minimum absolute atomic E-state index is 0.0961. The predicted octanol–water partition coefficient (Wildman–Crippen LogP) is 1.80. The van der Waals surface area contributed by atoms with E-state index in [0.29, 0.717) is 13.0 Å². The lowest BCUT2D eigenvalue weighted by atomic mass is 10.2. The van der Waals surface area contributed by atoms with Crippen LogP contribution in [-0.4, -0.2) is 43.3 Å². The maximum Gasteiger partial charge on any atom is 0.246 e. The number of carbonyl (C=O) groups is 1. The molecule has 1 aliphatic rings. The van der Waals surface area contributed by atoms with Gasteiger partial charge in [-0.05, 0) is 41.8 Å². The summed E-state index contributed by atoms with van der Waals surface area (Å²) in [5.41, 5.74) is 0.994. The number of thiophene rings is 1. The highest BCUT2D eigenvalue weighted by atomic mass is 32.2. The SMILES string of the molecule is CCN(C(=O)/C=C/c1ccsc1)C1CCS(=O)(=O)C1. The van der Waals surface area contributed by atoms with E-state index in [1.165, 1.54) is 6.08 Å². The summed E-state index contributed by atoms with van der Waals surface area (Å²) in [7, 11) is -2.96. The van der Waals surface area contributed by atoms with E-state index in [4.69, 9.17) is 0 Å². The molecule has 1 unspecified atom stereocenters. The second-order valence-corrected chi connectivity index (χ2v) is 7.58. The number of sulfone groups is 1. The topological polar surface area (TPSA) is 54.5 Å². The third-order valence-electron chi connectivity index (χ3n) is 3.23. The molecule has 0 aromatic carbocycles. The van der Waals surface area contributed by atoms with E-state index >= 15 is 0 Å². The summed E-state index contributed by atoms with van der Waals surface area (Å²) in [4.78, 5) is 13.8. The Balaban J connectivity index is 2.04. The molecule has 1 aromatic rings. The van der Waals surface area contributed by atoms with Crippen LogP contribution in [-0.2, 0) is 14.6 Å². The van der Waals surface area contributed by atoms with Crippen molar-refractivity contribution in [2.24, 2.45) is 0 Å². The number of rotatable bonds is 4. The minimum atomic E-state index is -2.96. The highest BCUT2D eigenvalue weighted by Crippen LogP contribution is 2.18. The van der Waals surface area contributed by atoms with Gasteiger partial charge in [0.1, 0.15) is 0 Å². The molecule has 1 atom stereocenters. The number of likely N-dealkylation sites (N-methyl/N-ethyl adjacent to an activating group) is 1. The number of hydrogen-bond acceptors (Lipinski definition) is 4. The second-order valence-electron chi connectivity index (χ2n) is 4.57. The molecule has 0 saturated carbocycles. The fourth-order valence-corrected chi connectivity index (χ4v) is 4.61. The quantitative estimate of drug-likeness (QED) is 0.797. The first kappa shape index (κ1) is 14.3. The van der Waals surface area contributed by atoms with Crippen molar-refractivity contribution in [1.82, 2.24) is 4.90 Å². The zero-order chi connectivity index (χ0) is 13.9. The number of nitrogens with zero attached hydrogens (tertiary/aromatic N) is 1. The van der Waals surface area contributed by atoms with Crippen LogP contribution in [0.25, 0.3) is 6.08 Å². The van der Waals surface area contributed by atoms with Crippen molar-refractivity contribution in [3.63, 3.8) is 0 Å². The predicted molar refractivity (Wildman–Crippen MR) is 77.8 cm³/mol. The molecule has 0 aliphatic carbocycles. The zero-order valence-electron chi connectivity index (χ0n) is 10.8. The van der Waals surface area contributed by atoms with E-state index < -0.39 is 9.84 Å². The maximum atomic E-state index is 12.1. The third-order valence-corrected chi connectivity index (χ3v) is 5.69. The van der Waals surface area contributed by atoms with Crippen LogP contribution < -0.4 is 0 Å². The lowest BCUT2D eigenvalue weighted by Gasteiger charge is -2.25. The summed E-state index contributed by atoms with van der Waals surface area (Å²) in [5.74, 6) is 0.171. The van der Waals surface area contributed by atoms with Gasteiger partial charge in [0.25, 0.3) is 0 Å². The molecule has 1 aromatic heterocycles. The molecule has 0 spiro atoms. The number of hydrogen-bond donors (Lipinski definition) is 0. The average Bonchev–Trinajstić information content (AvgIpc) is 2.97. The van der Waals surface area contributed by atoms with Crippen molar-refractivity contribution in [1.29, 1.82) is 0 Å². The Morgan fingerprint density at radius 2 is 2.37 bits per heavy atom. The Morgan fingerprint density at radius 3 is 2.89 bits per heavy atom. The van der Waals surface area contributed by atoms with Crippen LogP contribution >= 0.6 is 11.3 Å². The van der Waals surface area contributed by atoms with Gasteiger partial charge in [-0.15, -0.1) is 0 Å². The smallest absolute Gasteiger partial charge is 0.246 e. The van der Waals surface area contributed by atoms with Crippen LogP contribution in [0.2, 0.25) is 0 Å². The Hall–Kier alpha value is -1.14. The van der Waals surface area contributed by atoms with Crippen molar-refractivity contribution in [3.8, 4) is 0 Å². The summed E-state index contributed by atoms with van der Waals surface area (Å²) in [6.45, 7) is 2.41. The summed E-state index contributed by atoms with van der Waals surface area (Å²) >= 11 is 1.57. The van der Waals surface area contributed by atoms with Crippen LogP contribution in [0.1, 0.15) is 18.9 Å². The molecule has 1 fully saturated rings. The van der Waals surface area contributed by atoms with Crippen LogP contribution in [0.5, 0.6) is 0 Å². The Morgan fingerprint density at radius 1 is 1.58 bits per heavy atom. The molecule has 4 nitrogen and oxygen atoms in total. The lowest BCUT2D eigenvalue weighted by molar-refractivity contribution is -0.127. The van der Waals surface area contributed by atoms with Gasteiger partial charge in [0, 0.05) is 18.7 Å². The van der Waals surface area contributed by atoms with Gasteiger partial charge in [0.2, 0.25) is 5.91 Å². The summed E-state index contributed by atoms with van der Waals surface area (Å²) in [6, 6.07) is 1.76. The standard InChI is InChI=1S/C13H17NO3S2/c1-2-14(12-6-8-19(16,17)10-12)13(15)4-3-11-5-7-18-9-11/h3-5,7,9,12H,2,6,8,10H2,1H3/b4-3+. The van der Waals surface area contributed by atoms with E-state index in [9.17, 15) is 13.2 Å². The fraction of sp³-hybridized carbons (Fsp3) is 0.462. The van der Waals surface area contributed by atoms with Gasteiger partial charge in [0.15, 0.2) is 9.84 Å². The van der Waals surface area contributed by atoms with Gasteiger partial charge < -0.3 is 4.90 Å². The molecule has 2 rings (SSSR count). The van der Waals surface area contributed by atoms with Crippen LogP contribution in [0.15, 0.2) is 22.9 Å². The molecule has 2 heterocycles. The Bertz CT molecular complexity index is 561. The first-order valence-electron chi connectivity index (χ1n) is 6.23. The maximum absolute atomic E-state index is 12.1. The van der Waals surface area contributed by atoms with Crippen molar-refractivity contribution in [3.05, 3.63) is 28.5 Å². The first-order chi connectivity index (χ1) is 9.02. The number of amides is 1. The Labute approximate surface area is 117 Å². The fourth-order valence-electron chi connectivity index (χ4n) is 2.25. The molecule has 0 bridgehead atoms. The number of carbonyl (C=O) groups excluding carboxylic acids is 1. The average molecular weight is 299 g/mol. The molecule has 104 valence electrons. The molecule has 19 heavy (non-hydrogen) atoms. The van der Waals surface area contributed by atoms with Crippen molar-refractivity contribution in [2.45, 2.75) is 19.4 Å². The minimum Gasteiger partial charge on any atom is -0.335 e. The van der Waals surface area contributed by atoms with Gasteiger partial charge in [-0.1, -0.05) is 0 Å². The molecule has 1 saturated heterocycles. The molecule has 1 aliphatic heterocycles. The first-order valence-corrected chi connectivity index (χ1v) is 8.99. The van der Waals surface area contributed by atoms with Gasteiger partial charge in [-0.3, -0.25) is 4.79 Å². The lowest BCUT2D eigenvalue weighted by Crippen LogP contribution is -2.39. The van der Waals surface area contributed by atoms with E-state index in [1.54, 1.807) is 22.3 Å². The highest BCUT2D eigenvalue weighted by Gasteiger charge is 2.33. The monoisotopic (exact) mass is 299 g/mol. The van der Waals surface area contributed by atoms with E-state index in [-0.39, 0.29) is 23.5 Å². The normalized spacial score (nSPS) is 21.8. The largest absolute Gasteiger partial charge is 0.335 e. The van der Waals surface area contributed by atoms with E-state index in [2.05, 4.69) is 0 Å². The molecule has 6 heteroatoms. The molecular weight excluding hydrogens is 282 g/mol. The van der Waals surface area contributed by atoms with Gasteiger partial charge in [-0.2, -0.15) is 11.3 Å². The molecule has 0 N–H and O–H groups in total. The van der Waals surface area contributed by atoms with E-state index in [1.807, 2.05) is 23.8 Å². The van der Waals surface area contributed by atoms with Gasteiger partial charge in [0.05, 0.1) is 11.5 Å². The van der Waals surface area contributed by atoms with Crippen LogP contribution in [0.4, 0.5) is 0 Å². The third kappa shape index (κ3) is 3.67. The van der Waals surface area contributed by atoms with E-state index in [0.717, 1.165) is 5.56 Å². The zero-order valence-corrected chi connectivity index (χ0v) is 12.4. The van der Waals surface area contributed by atoms with Crippen molar-refractivity contribution < 1.29 is 13.2 Å². The Kier molecular flexibility index (Phi) is 4.42. The van der Waals surface area contributed by atoms with Crippen LogP contribution in [0.3, 0.4) is 0 Å². The summed E-state index contributed by atoms with van der Waals surface area (Å²) in [5, 5.41) is 3.91.